The van der Waals surface area contributed by atoms with Crippen molar-refractivity contribution in [3.05, 3.63) is 0 Å². The Balaban J connectivity index is 2.02. The van der Waals surface area contributed by atoms with E-state index in [1.165, 1.54) is 19.3 Å². The second kappa shape index (κ2) is 4.56. The molecule has 0 unspecified atom stereocenters. The predicted molar refractivity (Wildman–Crippen MR) is 65.5 cm³/mol. The van der Waals surface area contributed by atoms with Gasteiger partial charge in [-0.3, -0.25) is 9.80 Å². The summed E-state index contributed by atoms with van der Waals surface area (Å²) in [6.07, 6.45) is 6.09. The van der Waals surface area contributed by atoms with Crippen molar-refractivity contribution >= 4 is 11.5 Å². The molecule has 1 aliphatic carbocycles. The Kier molecular flexibility index (Phi) is 3.31. The third-order valence-electron chi connectivity index (χ3n) is 3.37. The second-order valence-electron chi connectivity index (χ2n) is 5.91. The summed E-state index contributed by atoms with van der Waals surface area (Å²) in [4.78, 5) is 11.6. The first-order valence-corrected chi connectivity index (χ1v) is 6.38. The molecule has 1 saturated heterocycles. The second-order valence-corrected chi connectivity index (χ2v) is 5.91. The van der Waals surface area contributed by atoms with Crippen LogP contribution in [0.4, 0.5) is 0 Å². The van der Waals surface area contributed by atoms with Crippen molar-refractivity contribution in [3.63, 3.8) is 0 Å². The van der Waals surface area contributed by atoms with Crippen LogP contribution in [0, 0.1) is 5.41 Å². The Morgan fingerprint density at radius 2 is 1.81 bits per heavy atom. The monoisotopic (exact) mass is 222 g/mol. The van der Waals surface area contributed by atoms with Crippen LogP contribution in [0.3, 0.4) is 0 Å². The molecule has 3 nitrogen and oxygen atoms in total. The Morgan fingerprint density at radius 1 is 1.12 bits per heavy atom. The lowest BCUT2D eigenvalue weighted by atomic mass is 9.76. The molecule has 2 rings (SSSR count). The molecule has 2 aliphatic rings. The van der Waals surface area contributed by atoms with Crippen LogP contribution in [0.15, 0.2) is 5.10 Å². The van der Waals surface area contributed by atoms with E-state index in [1.54, 1.807) is 0 Å². The number of rotatable bonds is 1. The summed E-state index contributed by atoms with van der Waals surface area (Å²) in [7, 11) is 0. The summed E-state index contributed by atoms with van der Waals surface area (Å²) >= 11 is 0. The number of Topliss-reactive ketones (excluding diaryl/α,β-unsaturated/α-hetero) is 1. The van der Waals surface area contributed by atoms with E-state index in [0.717, 1.165) is 25.2 Å². The highest BCUT2D eigenvalue weighted by atomic mass is 16.1. The molecule has 0 bridgehead atoms. The largest absolute Gasteiger partial charge is 0.299 e. The highest BCUT2D eigenvalue weighted by Crippen LogP contribution is 2.32. The standard InChI is InChI=1S/C13H22N2O/c1-13(2)9-11(8-12(16)10-13)14-15-6-4-3-5-7-15/h3-10H2,1-2H3. The van der Waals surface area contributed by atoms with Crippen LogP contribution >= 0.6 is 0 Å². The minimum atomic E-state index is 0.115. The molecule has 0 atom stereocenters. The predicted octanol–water partition coefficient (Wildman–Crippen LogP) is 2.61. The quantitative estimate of drug-likeness (QED) is 0.683. The highest BCUT2D eigenvalue weighted by molar-refractivity contribution is 6.04. The van der Waals surface area contributed by atoms with E-state index in [9.17, 15) is 4.79 Å². The molecule has 1 heterocycles. The van der Waals surface area contributed by atoms with E-state index in [-0.39, 0.29) is 5.41 Å². The Hall–Kier alpha value is -0.860. The van der Waals surface area contributed by atoms with Crippen molar-refractivity contribution < 1.29 is 4.79 Å². The molecule has 3 heteroatoms. The molecule has 0 aromatic rings. The van der Waals surface area contributed by atoms with Crippen LogP contribution in [0.25, 0.3) is 0 Å². The van der Waals surface area contributed by atoms with Gasteiger partial charge in [0.2, 0.25) is 0 Å². The summed E-state index contributed by atoms with van der Waals surface area (Å²) in [6.45, 7) is 6.46. The minimum absolute atomic E-state index is 0.115. The number of carbonyl (C=O) groups excluding carboxylic acids is 1. The van der Waals surface area contributed by atoms with Crippen LogP contribution in [0.2, 0.25) is 0 Å². The van der Waals surface area contributed by atoms with E-state index < -0.39 is 0 Å². The molecule has 1 aliphatic heterocycles. The number of ketones is 1. The number of carbonyl (C=O) groups is 1. The average Bonchev–Trinajstić information content (AvgIpc) is 2.15. The zero-order chi connectivity index (χ0) is 11.6. The Morgan fingerprint density at radius 3 is 2.44 bits per heavy atom. The van der Waals surface area contributed by atoms with Gasteiger partial charge in [-0.05, 0) is 31.1 Å². The first kappa shape index (κ1) is 11.6. The van der Waals surface area contributed by atoms with E-state index in [2.05, 4.69) is 24.0 Å². The van der Waals surface area contributed by atoms with Crippen LogP contribution in [-0.4, -0.2) is 29.6 Å². The lowest BCUT2D eigenvalue weighted by molar-refractivity contribution is -0.120. The fourth-order valence-corrected chi connectivity index (χ4v) is 2.75. The zero-order valence-electron chi connectivity index (χ0n) is 10.5. The topological polar surface area (TPSA) is 32.7 Å². The highest BCUT2D eigenvalue weighted by Gasteiger charge is 2.30. The van der Waals surface area contributed by atoms with Crippen molar-refractivity contribution in [2.24, 2.45) is 10.5 Å². The van der Waals surface area contributed by atoms with Gasteiger partial charge < -0.3 is 0 Å². The molecule has 0 aromatic heterocycles. The third-order valence-corrected chi connectivity index (χ3v) is 3.37. The first-order valence-electron chi connectivity index (χ1n) is 6.38. The SMILES string of the molecule is CC1(C)CC(=O)CC(=NN2CCCCC2)C1. The van der Waals surface area contributed by atoms with Crippen molar-refractivity contribution in [3.8, 4) is 0 Å². The van der Waals surface area contributed by atoms with Gasteiger partial charge in [0.05, 0.1) is 0 Å². The van der Waals surface area contributed by atoms with Gasteiger partial charge in [0.1, 0.15) is 5.78 Å². The van der Waals surface area contributed by atoms with Gasteiger partial charge in [-0.25, -0.2) is 0 Å². The van der Waals surface area contributed by atoms with E-state index in [1.807, 2.05) is 0 Å². The van der Waals surface area contributed by atoms with Crippen molar-refractivity contribution in [2.45, 2.75) is 52.4 Å². The molecule has 2 fully saturated rings. The lowest BCUT2D eigenvalue weighted by Gasteiger charge is -2.31. The van der Waals surface area contributed by atoms with Gasteiger partial charge in [0, 0.05) is 31.6 Å². The van der Waals surface area contributed by atoms with Gasteiger partial charge in [0.15, 0.2) is 0 Å². The van der Waals surface area contributed by atoms with Crippen LogP contribution in [0.1, 0.15) is 52.4 Å². The molecule has 16 heavy (non-hydrogen) atoms. The molecular formula is C13H22N2O. The number of piperidine rings is 1. The minimum Gasteiger partial charge on any atom is -0.299 e. The van der Waals surface area contributed by atoms with Crippen LogP contribution < -0.4 is 0 Å². The van der Waals surface area contributed by atoms with Gasteiger partial charge in [-0.2, -0.15) is 5.10 Å². The first-order chi connectivity index (χ1) is 7.55. The van der Waals surface area contributed by atoms with Crippen molar-refractivity contribution in [1.82, 2.24) is 5.01 Å². The lowest BCUT2D eigenvalue weighted by Crippen LogP contribution is -2.32. The van der Waals surface area contributed by atoms with Gasteiger partial charge in [-0.15, -0.1) is 0 Å². The molecule has 0 radical (unpaired) electrons. The van der Waals surface area contributed by atoms with E-state index in [4.69, 9.17) is 0 Å². The molecular weight excluding hydrogens is 200 g/mol. The smallest absolute Gasteiger partial charge is 0.139 e. The molecule has 0 amide bonds. The molecule has 0 N–H and O–H groups in total. The van der Waals surface area contributed by atoms with Crippen LogP contribution in [0.5, 0.6) is 0 Å². The normalized spacial score (nSPS) is 28.5. The summed E-state index contributed by atoms with van der Waals surface area (Å²) in [6, 6.07) is 0. The number of nitrogens with zero attached hydrogens (tertiary/aromatic N) is 2. The third kappa shape index (κ3) is 3.06. The fourth-order valence-electron chi connectivity index (χ4n) is 2.75. The molecule has 90 valence electrons. The van der Waals surface area contributed by atoms with Gasteiger partial charge >= 0.3 is 0 Å². The van der Waals surface area contributed by atoms with Crippen molar-refractivity contribution in [1.29, 1.82) is 0 Å². The maximum Gasteiger partial charge on any atom is 0.139 e. The summed E-state index contributed by atoms with van der Waals surface area (Å²) in [5.74, 6) is 0.354. The maximum absolute atomic E-state index is 11.6. The van der Waals surface area contributed by atoms with Gasteiger partial charge in [0.25, 0.3) is 0 Å². The van der Waals surface area contributed by atoms with Gasteiger partial charge in [-0.1, -0.05) is 13.8 Å². The Bertz CT molecular complexity index is 301. The number of hydrogen-bond donors (Lipinski definition) is 0. The summed E-state index contributed by atoms with van der Waals surface area (Å²) in [5, 5.41) is 6.83. The van der Waals surface area contributed by atoms with Crippen molar-refractivity contribution in [2.75, 3.05) is 13.1 Å². The van der Waals surface area contributed by atoms with E-state index >= 15 is 0 Å². The number of hydrazone groups is 1. The molecule has 1 saturated carbocycles. The van der Waals surface area contributed by atoms with Crippen LogP contribution in [-0.2, 0) is 4.79 Å². The summed E-state index contributed by atoms with van der Waals surface area (Å²) in [5.41, 5.74) is 1.22. The molecule has 0 aromatic carbocycles. The van der Waals surface area contributed by atoms with E-state index in [0.29, 0.717) is 18.6 Å². The maximum atomic E-state index is 11.6. The number of hydrogen-bond acceptors (Lipinski definition) is 3. The fraction of sp³-hybridized carbons (Fsp3) is 0.846. The zero-order valence-corrected chi connectivity index (χ0v) is 10.5. The average molecular weight is 222 g/mol. The molecule has 0 spiro atoms. The Labute approximate surface area is 97.9 Å². The summed E-state index contributed by atoms with van der Waals surface area (Å²) < 4.78 is 0.